The molecule has 2 N–H and O–H groups in total. The van der Waals surface area contributed by atoms with E-state index < -0.39 is 0 Å². The first-order valence-electron chi connectivity index (χ1n) is 6.92. The summed E-state index contributed by atoms with van der Waals surface area (Å²) in [5, 5.41) is 0. The smallest absolute Gasteiger partial charge is 0.0334 e. The van der Waals surface area contributed by atoms with Crippen molar-refractivity contribution in [3.8, 4) is 0 Å². The first kappa shape index (κ1) is 14.0. The summed E-state index contributed by atoms with van der Waals surface area (Å²) in [7, 11) is 2.28. The maximum Gasteiger partial charge on any atom is 0.0334 e. The summed E-state index contributed by atoms with van der Waals surface area (Å²) in [5.74, 6) is 0. The normalized spacial score (nSPS) is 22.1. The maximum atomic E-state index is 6.12. The van der Waals surface area contributed by atoms with Gasteiger partial charge in [0.2, 0.25) is 0 Å². The highest BCUT2D eigenvalue weighted by molar-refractivity contribution is 4.97. The minimum absolute atomic E-state index is 0.260. The van der Waals surface area contributed by atoms with E-state index in [-0.39, 0.29) is 11.1 Å². The average molecular weight is 226 g/mol. The molecule has 0 aromatic carbocycles. The van der Waals surface area contributed by atoms with Crippen LogP contribution in [0.2, 0.25) is 0 Å². The molecule has 0 spiro atoms. The fourth-order valence-corrected chi connectivity index (χ4v) is 2.94. The van der Waals surface area contributed by atoms with Gasteiger partial charge < -0.3 is 5.73 Å². The predicted molar refractivity (Wildman–Crippen MR) is 71.6 cm³/mol. The molecule has 96 valence electrons. The number of likely N-dealkylation sites (N-methyl/N-ethyl adjacent to an activating group) is 1. The van der Waals surface area contributed by atoms with Crippen LogP contribution in [0.25, 0.3) is 0 Å². The summed E-state index contributed by atoms with van der Waals surface area (Å²) < 4.78 is 0. The molecule has 16 heavy (non-hydrogen) atoms. The van der Waals surface area contributed by atoms with Crippen molar-refractivity contribution in [3.05, 3.63) is 0 Å². The molecule has 1 rings (SSSR count). The third-order valence-corrected chi connectivity index (χ3v) is 4.90. The Bertz CT molecular complexity index is 203. The topological polar surface area (TPSA) is 29.3 Å². The largest absolute Gasteiger partial charge is 0.329 e. The van der Waals surface area contributed by atoms with Crippen molar-refractivity contribution >= 4 is 0 Å². The molecule has 1 aliphatic rings. The van der Waals surface area contributed by atoms with Gasteiger partial charge in [0.1, 0.15) is 0 Å². The lowest BCUT2D eigenvalue weighted by molar-refractivity contribution is 0.0130. The molecule has 0 amide bonds. The van der Waals surface area contributed by atoms with Gasteiger partial charge in [0, 0.05) is 17.6 Å². The van der Waals surface area contributed by atoms with Crippen molar-refractivity contribution < 1.29 is 0 Å². The lowest BCUT2D eigenvalue weighted by Crippen LogP contribution is -2.59. The van der Waals surface area contributed by atoms with E-state index in [9.17, 15) is 0 Å². The summed E-state index contributed by atoms with van der Waals surface area (Å²) in [5.41, 5.74) is 6.65. The molecule has 2 heteroatoms. The molecule has 0 aliphatic heterocycles. The molecule has 2 nitrogen and oxygen atoms in total. The van der Waals surface area contributed by atoms with Crippen molar-refractivity contribution in [2.24, 2.45) is 5.73 Å². The molecule has 1 aliphatic carbocycles. The van der Waals surface area contributed by atoms with Gasteiger partial charge in [0.25, 0.3) is 0 Å². The van der Waals surface area contributed by atoms with Crippen LogP contribution in [0.15, 0.2) is 0 Å². The number of rotatable bonds is 4. The predicted octanol–water partition coefficient (Wildman–Crippen LogP) is 3.16. The van der Waals surface area contributed by atoms with E-state index in [1.54, 1.807) is 0 Å². The van der Waals surface area contributed by atoms with Crippen LogP contribution in [0.4, 0.5) is 0 Å². The fraction of sp³-hybridized carbons (Fsp3) is 1.00. The van der Waals surface area contributed by atoms with Crippen LogP contribution in [0, 0.1) is 0 Å². The van der Waals surface area contributed by atoms with E-state index in [0.717, 1.165) is 6.54 Å². The SMILES string of the molecule is CCC(C)(C)N(C)C1(CN)CCCCCC1. The van der Waals surface area contributed by atoms with E-state index in [1.165, 1.54) is 44.9 Å². The lowest BCUT2D eigenvalue weighted by Gasteiger charge is -2.49. The van der Waals surface area contributed by atoms with Crippen LogP contribution in [0.5, 0.6) is 0 Å². The lowest BCUT2D eigenvalue weighted by atomic mass is 9.83. The van der Waals surface area contributed by atoms with Crippen LogP contribution >= 0.6 is 0 Å². The van der Waals surface area contributed by atoms with Gasteiger partial charge >= 0.3 is 0 Å². The van der Waals surface area contributed by atoms with Gasteiger partial charge in [-0.2, -0.15) is 0 Å². The van der Waals surface area contributed by atoms with E-state index in [0.29, 0.717) is 0 Å². The Labute approximate surface area is 102 Å². The molecular formula is C14H30N2. The molecule has 0 unspecified atom stereocenters. The van der Waals surface area contributed by atoms with Crippen molar-refractivity contribution in [3.63, 3.8) is 0 Å². The Kier molecular flexibility index (Phi) is 4.81. The van der Waals surface area contributed by atoms with Gasteiger partial charge in [0.15, 0.2) is 0 Å². The van der Waals surface area contributed by atoms with Crippen molar-refractivity contribution in [1.29, 1.82) is 0 Å². The van der Waals surface area contributed by atoms with Gasteiger partial charge in [-0.05, 0) is 40.2 Å². The zero-order valence-electron chi connectivity index (χ0n) is 11.7. The molecule has 0 bridgehead atoms. The highest BCUT2D eigenvalue weighted by atomic mass is 15.2. The Morgan fingerprint density at radius 3 is 2.00 bits per heavy atom. The zero-order chi connectivity index (χ0) is 12.2. The van der Waals surface area contributed by atoms with Crippen LogP contribution in [-0.2, 0) is 0 Å². The number of hydrogen-bond acceptors (Lipinski definition) is 2. The van der Waals surface area contributed by atoms with Crippen molar-refractivity contribution in [2.45, 2.75) is 76.8 Å². The minimum Gasteiger partial charge on any atom is -0.329 e. The van der Waals surface area contributed by atoms with Crippen LogP contribution in [0.1, 0.15) is 65.7 Å². The van der Waals surface area contributed by atoms with Crippen LogP contribution in [0.3, 0.4) is 0 Å². The summed E-state index contributed by atoms with van der Waals surface area (Å²) in [6.45, 7) is 7.77. The summed E-state index contributed by atoms with van der Waals surface area (Å²) in [6.07, 6.45) is 9.23. The van der Waals surface area contributed by atoms with Gasteiger partial charge in [-0.25, -0.2) is 0 Å². The Balaban J connectivity index is 2.84. The molecule has 1 fully saturated rings. The van der Waals surface area contributed by atoms with Crippen LogP contribution in [-0.4, -0.2) is 29.6 Å². The summed E-state index contributed by atoms with van der Waals surface area (Å²) in [4.78, 5) is 2.57. The quantitative estimate of drug-likeness (QED) is 0.746. The van der Waals surface area contributed by atoms with Crippen LogP contribution < -0.4 is 5.73 Å². The molecule has 1 saturated carbocycles. The Hall–Kier alpha value is -0.0800. The third kappa shape index (κ3) is 2.78. The van der Waals surface area contributed by atoms with Gasteiger partial charge in [0.05, 0.1) is 0 Å². The first-order chi connectivity index (χ1) is 7.48. The van der Waals surface area contributed by atoms with E-state index in [2.05, 4.69) is 32.7 Å². The average Bonchev–Trinajstić information content (AvgIpc) is 2.54. The molecule has 0 atom stereocenters. The monoisotopic (exact) mass is 226 g/mol. The fourth-order valence-electron chi connectivity index (χ4n) is 2.94. The minimum atomic E-state index is 0.260. The highest BCUT2D eigenvalue weighted by Gasteiger charge is 2.39. The molecular weight excluding hydrogens is 196 g/mol. The maximum absolute atomic E-state index is 6.12. The van der Waals surface area contributed by atoms with Gasteiger partial charge in [-0.3, -0.25) is 4.90 Å². The summed E-state index contributed by atoms with van der Waals surface area (Å²) in [6, 6.07) is 0. The second-order valence-corrected chi connectivity index (χ2v) is 6.07. The second-order valence-electron chi connectivity index (χ2n) is 6.07. The second kappa shape index (κ2) is 5.50. The molecule has 0 heterocycles. The Morgan fingerprint density at radius 1 is 1.12 bits per heavy atom. The highest BCUT2D eigenvalue weighted by Crippen LogP contribution is 2.36. The number of nitrogens with zero attached hydrogens (tertiary/aromatic N) is 1. The van der Waals surface area contributed by atoms with Gasteiger partial charge in [-0.1, -0.05) is 32.6 Å². The molecule has 0 aromatic heterocycles. The number of hydrogen-bond donors (Lipinski definition) is 1. The van der Waals surface area contributed by atoms with Crippen molar-refractivity contribution in [2.75, 3.05) is 13.6 Å². The Morgan fingerprint density at radius 2 is 1.62 bits per heavy atom. The molecule has 0 aromatic rings. The number of nitrogens with two attached hydrogens (primary N) is 1. The van der Waals surface area contributed by atoms with E-state index in [4.69, 9.17) is 5.73 Å². The standard InChI is InChI=1S/C14H30N2/c1-5-13(2,3)16(4)14(12-15)10-8-6-7-9-11-14/h5-12,15H2,1-4H3. The first-order valence-corrected chi connectivity index (χ1v) is 6.92. The van der Waals surface area contributed by atoms with E-state index >= 15 is 0 Å². The molecule has 0 radical (unpaired) electrons. The third-order valence-electron chi connectivity index (χ3n) is 4.90. The van der Waals surface area contributed by atoms with Crippen molar-refractivity contribution in [1.82, 2.24) is 4.90 Å². The zero-order valence-corrected chi connectivity index (χ0v) is 11.7. The van der Waals surface area contributed by atoms with E-state index in [1.807, 2.05) is 0 Å². The molecule has 0 saturated heterocycles. The van der Waals surface area contributed by atoms with Gasteiger partial charge in [-0.15, -0.1) is 0 Å². The summed E-state index contributed by atoms with van der Waals surface area (Å²) >= 11 is 0.